The molecule has 0 spiro atoms. The first-order valence-electron chi connectivity index (χ1n) is 7.91. The second-order valence-corrected chi connectivity index (χ2v) is 7.84. The van der Waals surface area contributed by atoms with Crippen LogP contribution < -0.4 is 5.32 Å². The summed E-state index contributed by atoms with van der Waals surface area (Å²) >= 11 is 1.74. The van der Waals surface area contributed by atoms with E-state index in [9.17, 15) is 0 Å². The van der Waals surface area contributed by atoms with E-state index in [2.05, 4.69) is 82.7 Å². The van der Waals surface area contributed by atoms with Gasteiger partial charge in [-0.25, -0.2) is 0 Å². The van der Waals surface area contributed by atoms with E-state index in [1.54, 1.807) is 11.8 Å². The number of aryl methyl sites for hydroxylation is 1. The maximum Gasteiger partial charge on any atom is 0.0411 e. The first-order chi connectivity index (χ1) is 11.0. The summed E-state index contributed by atoms with van der Waals surface area (Å²) in [5.74, 6) is 0.471. The smallest absolute Gasteiger partial charge is 0.0411 e. The molecule has 1 aromatic rings. The van der Waals surface area contributed by atoms with Gasteiger partial charge in [-0.1, -0.05) is 49.1 Å². The zero-order valence-electron chi connectivity index (χ0n) is 14.0. The Labute approximate surface area is 147 Å². The number of nitrogens with one attached hydrogen (secondary N) is 1. The minimum atomic E-state index is 0.176. The Bertz CT molecular complexity index is 643. The van der Waals surface area contributed by atoms with Gasteiger partial charge in [0.05, 0.1) is 0 Å². The summed E-state index contributed by atoms with van der Waals surface area (Å²) < 4.78 is 0. The zero-order chi connectivity index (χ0) is 16.8. The molecular weight excluding hydrogens is 317 g/mol. The van der Waals surface area contributed by atoms with Crippen LogP contribution in [0.4, 0.5) is 0 Å². The second-order valence-electron chi connectivity index (χ2n) is 6.06. The minimum Gasteiger partial charge on any atom is -0.382 e. The molecule has 1 aliphatic heterocycles. The van der Waals surface area contributed by atoms with Gasteiger partial charge >= 0.3 is 0 Å². The average molecular weight is 343 g/mol. The Morgan fingerprint density at radius 1 is 1.35 bits per heavy atom. The van der Waals surface area contributed by atoms with Gasteiger partial charge in [-0.2, -0.15) is 0 Å². The minimum absolute atomic E-state index is 0.176. The molecule has 0 bridgehead atoms. The molecule has 0 saturated heterocycles. The Morgan fingerprint density at radius 3 is 2.70 bits per heavy atom. The maximum atomic E-state index is 4.41. The fourth-order valence-corrected chi connectivity index (χ4v) is 3.77. The molecule has 1 aromatic carbocycles. The molecule has 2 rings (SSSR count). The van der Waals surface area contributed by atoms with Crippen LogP contribution in [0.3, 0.4) is 0 Å². The third kappa shape index (κ3) is 5.12. The van der Waals surface area contributed by atoms with Crippen molar-refractivity contribution in [1.82, 2.24) is 5.32 Å². The van der Waals surface area contributed by atoms with Gasteiger partial charge in [0, 0.05) is 17.4 Å². The van der Waals surface area contributed by atoms with Gasteiger partial charge in [0.15, 0.2) is 0 Å². The highest BCUT2D eigenvalue weighted by atomic mass is 32.2. The Balaban J connectivity index is 2.22. The van der Waals surface area contributed by atoms with Crippen LogP contribution in [0.5, 0.6) is 0 Å². The molecule has 0 aromatic heterocycles. The predicted octanol–water partition coefficient (Wildman–Crippen LogP) is 5.57. The van der Waals surface area contributed by atoms with E-state index in [4.69, 9.17) is 0 Å². The van der Waals surface area contributed by atoms with Crippen molar-refractivity contribution in [1.29, 1.82) is 0 Å². The van der Waals surface area contributed by atoms with Crippen LogP contribution in [0.2, 0.25) is 0 Å². The molecular formula is C20H26NPS. The van der Waals surface area contributed by atoms with Gasteiger partial charge in [-0.3, -0.25) is 0 Å². The van der Waals surface area contributed by atoms with Crippen molar-refractivity contribution in [2.24, 2.45) is 5.92 Å². The molecule has 1 N–H and O–H groups in total. The third-order valence-electron chi connectivity index (χ3n) is 3.97. The standard InChI is InChI=1S/C20H26NPS/c1-14-8-5-6-9-18(14)12-15(2)20(16(3)21-17(4)22)19-10-7-11-23-13-19/h5-9,11,13,17,20-21H,2-3,10,12,22H2,1,4H3. The van der Waals surface area contributed by atoms with Gasteiger partial charge in [0.2, 0.25) is 0 Å². The van der Waals surface area contributed by atoms with Crippen LogP contribution in [0.1, 0.15) is 24.5 Å². The summed E-state index contributed by atoms with van der Waals surface area (Å²) in [5.41, 5.74) is 6.27. The molecule has 1 aliphatic rings. The van der Waals surface area contributed by atoms with Gasteiger partial charge in [0.25, 0.3) is 0 Å². The van der Waals surface area contributed by atoms with Crippen molar-refractivity contribution in [3.63, 3.8) is 0 Å². The summed E-state index contributed by atoms with van der Waals surface area (Å²) in [5, 5.41) is 7.84. The van der Waals surface area contributed by atoms with E-state index in [1.165, 1.54) is 22.3 Å². The summed E-state index contributed by atoms with van der Waals surface area (Å²) in [4.78, 5) is 0. The Kier molecular flexibility index (Phi) is 6.74. The molecule has 1 heterocycles. The summed E-state index contributed by atoms with van der Waals surface area (Å²) in [7, 11) is 2.77. The number of thioether (sulfide) groups is 1. The largest absolute Gasteiger partial charge is 0.382 e. The number of hydrogen-bond donors (Lipinski definition) is 1. The second kappa shape index (κ2) is 8.57. The predicted molar refractivity (Wildman–Crippen MR) is 108 cm³/mol. The number of rotatable bonds is 7. The molecule has 23 heavy (non-hydrogen) atoms. The Morgan fingerprint density at radius 2 is 2.09 bits per heavy atom. The van der Waals surface area contributed by atoms with Crippen molar-refractivity contribution in [3.05, 3.63) is 82.3 Å². The lowest BCUT2D eigenvalue weighted by Crippen LogP contribution is -2.27. The molecule has 0 amide bonds. The Hall–Kier alpha value is -1.24. The van der Waals surface area contributed by atoms with Gasteiger partial charge < -0.3 is 5.32 Å². The van der Waals surface area contributed by atoms with Gasteiger partial charge in [-0.15, -0.1) is 21.0 Å². The normalized spacial score (nSPS) is 16.4. The first-order valence-corrected chi connectivity index (χ1v) is 9.52. The van der Waals surface area contributed by atoms with Crippen LogP contribution >= 0.6 is 21.0 Å². The highest BCUT2D eigenvalue weighted by molar-refractivity contribution is 8.04. The topological polar surface area (TPSA) is 12.0 Å². The van der Waals surface area contributed by atoms with E-state index in [0.29, 0.717) is 5.78 Å². The van der Waals surface area contributed by atoms with Gasteiger partial charge in [0.1, 0.15) is 0 Å². The fourth-order valence-electron chi connectivity index (χ4n) is 2.86. The number of benzene rings is 1. The highest BCUT2D eigenvalue weighted by Crippen LogP contribution is 2.34. The lowest BCUT2D eigenvalue weighted by atomic mass is 9.84. The molecule has 0 aliphatic carbocycles. The van der Waals surface area contributed by atoms with Crippen molar-refractivity contribution >= 4 is 21.0 Å². The summed E-state index contributed by atoms with van der Waals surface area (Å²) in [6.45, 7) is 13.0. The van der Waals surface area contributed by atoms with Crippen molar-refractivity contribution in [2.75, 3.05) is 0 Å². The third-order valence-corrected chi connectivity index (χ3v) is 4.92. The fraction of sp³-hybridized carbons (Fsp3) is 0.300. The SMILES string of the molecule is C=C(Cc1ccccc1C)C(C(=C)NC(C)P)C1=CSC=CC1. The molecule has 3 heteroatoms. The molecule has 1 nitrogen and oxygen atoms in total. The van der Waals surface area contributed by atoms with Crippen LogP contribution in [0.15, 0.2) is 71.2 Å². The highest BCUT2D eigenvalue weighted by Gasteiger charge is 2.22. The van der Waals surface area contributed by atoms with E-state index in [0.717, 1.165) is 18.5 Å². The summed E-state index contributed by atoms with van der Waals surface area (Å²) in [6.07, 6.45) is 4.07. The lowest BCUT2D eigenvalue weighted by Gasteiger charge is -2.28. The first kappa shape index (κ1) is 18.1. The molecule has 0 saturated carbocycles. The summed E-state index contributed by atoms with van der Waals surface area (Å²) in [6, 6.07) is 8.53. The molecule has 0 radical (unpaired) electrons. The van der Waals surface area contributed by atoms with Crippen molar-refractivity contribution in [3.8, 4) is 0 Å². The zero-order valence-corrected chi connectivity index (χ0v) is 16.0. The molecule has 3 unspecified atom stereocenters. The molecule has 0 fully saturated rings. The van der Waals surface area contributed by atoms with Crippen molar-refractivity contribution in [2.45, 2.75) is 32.5 Å². The number of hydrogen-bond acceptors (Lipinski definition) is 2. The number of allylic oxidation sites excluding steroid dienone is 2. The van der Waals surface area contributed by atoms with Crippen LogP contribution in [-0.4, -0.2) is 5.78 Å². The van der Waals surface area contributed by atoms with E-state index >= 15 is 0 Å². The monoisotopic (exact) mass is 343 g/mol. The van der Waals surface area contributed by atoms with Crippen molar-refractivity contribution < 1.29 is 0 Å². The molecule has 122 valence electrons. The quantitative estimate of drug-likeness (QED) is 0.513. The van der Waals surface area contributed by atoms with Crippen LogP contribution in [0, 0.1) is 12.8 Å². The average Bonchev–Trinajstić information content (AvgIpc) is 2.50. The van der Waals surface area contributed by atoms with Gasteiger partial charge in [-0.05, 0) is 54.2 Å². The van der Waals surface area contributed by atoms with E-state index in [-0.39, 0.29) is 5.92 Å². The van der Waals surface area contributed by atoms with E-state index < -0.39 is 0 Å². The van der Waals surface area contributed by atoms with E-state index in [1.807, 2.05) is 0 Å². The lowest BCUT2D eigenvalue weighted by molar-refractivity contribution is 0.672. The molecule has 3 atom stereocenters. The van der Waals surface area contributed by atoms with Crippen LogP contribution in [0.25, 0.3) is 0 Å². The van der Waals surface area contributed by atoms with Crippen LogP contribution in [-0.2, 0) is 6.42 Å². The maximum absolute atomic E-state index is 4.41.